The Labute approximate surface area is 103 Å². The van der Waals surface area contributed by atoms with Crippen LogP contribution in [0.3, 0.4) is 0 Å². The maximum absolute atomic E-state index is 10.9. The third kappa shape index (κ3) is 2.13. The summed E-state index contributed by atoms with van der Waals surface area (Å²) in [5.74, 6) is 6.18. The Morgan fingerprint density at radius 3 is 2.67 bits per heavy atom. The normalized spacial score (nSPS) is 11.4. The van der Waals surface area contributed by atoms with Crippen LogP contribution in [-0.2, 0) is 10.1 Å². The molecule has 8 nitrogen and oxygen atoms in total. The molecule has 0 atom stereocenters. The Balaban J connectivity index is 2.55. The fraction of sp³-hybridized carbons (Fsp3) is 0.111. The summed E-state index contributed by atoms with van der Waals surface area (Å²) in [6, 6.07) is 6.67. The molecule has 2 aromatic rings. The van der Waals surface area contributed by atoms with Crippen LogP contribution in [0, 0.1) is 0 Å². The molecule has 1 aromatic heterocycles. The van der Waals surface area contributed by atoms with Gasteiger partial charge in [-0.2, -0.15) is 8.42 Å². The molecule has 0 spiro atoms. The maximum Gasteiger partial charge on any atom is 0.332 e. The Kier molecular flexibility index (Phi) is 2.93. The van der Waals surface area contributed by atoms with E-state index in [9.17, 15) is 8.42 Å². The smallest absolute Gasteiger partial charge is 0.332 e. The molecular weight excluding hydrogens is 260 g/mol. The molecule has 0 bridgehead atoms. The first kappa shape index (κ1) is 12.3. The van der Waals surface area contributed by atoms with Crippen molar-refractivity contribution in [3.8, 4) is 17.1 Å². The molecule has 0 saturated carbocycles. The molecule has 0 aliphatic rings. The van der Waals surface area contributed by atoms with Gasteiger partial charge < -0.3 is 10.6 Å². The van der Waals surface area contributed by atoms with Gasteiger partial charge in [-0.3, -0.25) is 4.55 Å². The summed E-state index contributed by atoms with van der Waals surface area (Å²) in [5.41, 5.74) is 0.513. The molecule has 2 rings (SSSR count). The fourth-order valence-electron chi connectivity index (χ4n) is 1.41. The summed E-state index contributed by atoms with van der Waals surface area (Å²) in [6.07, 6.45) is 0. The average Bonchev–Trinajstić information content (AvgIpc) is 2.71. The Bertz CT molecular complexity index is 680. The minimum atomic E-state index is -4.50. The van der Waals surface area contributed by atoms with Gasteiger partial charge in [0.2, 0.25) is 0 Å². The summed E-state index contributed by atoms with van der Waals surface area (Å²) in [5, 5.41) is 6.23. The van der Waals surface area contributed by atoms with E-state index in [0.29, 0.717) is 16.0 Å². The van der Waals surface area contributed by atoms with E-state index in [2.05, 4.69) is 10.2 Å². The van der Waals surface area contributed by atoms with Gasteiger partial charge >= 0.3 is 10.1 Å². The van der Waals surface area contributed by atoms with Crippen LogP contribution in [0.2, 0.25) is 0 Å². The van der Waals surface area contributed by atoms with E-state index in [0.717, 1.165) is 0 Å². The molecule has 9 heteroatoms. The molecule has 1 heterocycles. The van der Waals surface area contributed by atoms with Crippen LogP contribution in [0.15, 0.2) is 29.4 Å². The van der Waals surface area contributed by atoms with E-state index in [1.807, 2.05) is 0 Å². The zero-order valence-electron chi connectivity index (χ0n) is 9.31. The minimum Gasteiger partial charge on any atom is -0.497 e. The predicted molar refractivity (Wildman–Crippen MR) is 62.0 cm³/mol. The summed E-state index contributed by atoms with van der Waals surface area (Å²) < 4.78 is 36.5. The highest BCUT2D eigenvalue weighted by Gasteiger charge is 2.21. The highest BCUT2D eigenvalue weighted by Crippen LogP contribution is 2.22. The second kappa shape index (κ2) is 4.27. The molecule has 0 saturated heterocycles. The predicted octanol–water partition coefficient (Wildman–Crippen LogP) is -0.0858. The van der Waals surface area contributed by atoms with Crippen LogP contribution >= 0.6 is 0 Å². The lowest BCUT2D eigenvalue weighted by molar-refractivity contribution is 0.415. The van der Waals surface area contributed by atoms with Crippen molar-refractivity contribution in [3.63, 3.8) is 0 Å². The van der Waals surface area contributed by atoms with Gasteiger partial charge in [-0.05, 0) is 12.1 Å². The zero-order chi connectivity index (χ0) is 13.3. The summed E-state index contributed by atoms with van der Waals surface area (Å²) in [4.78, 5) is 0. The summed E-state index contributed by atoms with van der Waals surface area (Å²) in [7, 11) is -3.01. The van der Waals surface area contributed by atoms with E-state index < -0.39 is 15.3 Å². The molecular formula is C9H10N4O4S. The van der Waals surface area contributed by atoms with E-state index in [1.165, 1.54) is 7.11 Å². The first-order valence-corrected chi connectivity index (χ1v) is 6.20. The van der Waals surface area contributed by atoms with Crippen molar-refractivity contribution in [1.29, 1.82) is 0 Å². The molecule has 18 heavy (non-hydrogen) atoms. The van der Waals surface area contributed by atoms with Gasteiger partial charge in [-0.25, -0.2) is 4.68 Å². The molecule has 0 aliphatic heterocycles. The van der Waals surface area contributed by atoms with Gasteiger partial charge in [0.15, 0.2) is 5.82 Å². The van der Waals surface area contributed by atoms with Crippen LogP contribution in [0.1, 0.15) is 0 Å². The Morgan fingerprint density at radius 2 is 2.11 bits per heavy atom. The largest absolute Gasteiger partial charge is 0.497 e. The number of aromatic nitrogens is 3. The van der Waals surface area contributed by atoms with Crippen molar-refractivity contribution in [2.75, 3.05) is 13.0 Å². The third-order valence-electron chi connectivity index (χ3n) is 2.22. The SMILES string of the molecule is COc1cccc(-c2nnc(S(=O)(=O)O)n2N)c1. The number of methoxy groups -OCH3 is 1. The molecule has 1 aromatic carbocycles. The van der Waals surface area contributed by atoms with Crippen molar-refractivity contribution in [2.45, 2.75) is 5.16 Å². The van der Waals surface area contributed by atoms with Gasteiger partial charge in [0.1, 0.15) is 5.75 Å². The summed E-state index contributed by atoms with van der Waals surface area (Å²) in [6.45, 7) is 0. The molecule has 0 aliphatic carbocycles. The minimum absolute atomic E-state index is 0.0986. The van der Waals surface area contributed by atoms with Gasteiger partial charge in [0, 0.05) is 5.56 Å². The summed E-state index contributed by atoms with van der Waals surface area (Å²) >= 11 is 0. The van der Waals surface area contributed by atoms with Gasteiger partial charge in [0.05, 0.1) is 7.11 Å². The van der Waals surface area contributed by atoms with Gasteiger partial charge in [0.25, 0.3) is 5.16 Å². The van der Waals surface area contributed by atoms with Gasteiger partial charge in [-0.15, -0.1) is 10.2 Å². The molecule has 0 fully saturated rings. The van der Waals surface area contributed by atoms with Crippen molar-refractivity contribution in [2.24, 2.45) is 0 Å². The van der Waals surface area contributed by atoms with Crippen molar-refractivity contribution in [3.05, 3.63) is 24.3 Å². The molecule has 96 valence electrons. The second-order valence-corrected chi connectivity index (χ2v) is 4.70. The lowest BCUT2D eigenvalue weighted by atomic mass is 10.2. The van der Waals surface area contributed by atoms with E-state index in [1.54, 1.807) is 24.3 Å². The molecule has 0 unspecified atom stereocenters. The highest BCUT2D eigenvalue weighted by molar-refractivity contribution is 7.85. The number of hydrogen-bond acceptors (Lipinski definition) is 6. The number of ether oxygens (including phenoxy) is 1. The third-order valence-corrected chi connectivity index (χ3v) is 2.96. The number of benzene rings is 1. The molecule has 3 N–H and O–H groups in total. The van der Waals surface area contributed by atoms with Crippen molar-refractivity contribution < 1.29 is 17.7 Å². The number of nitrogens with zero attached hydrogens (tertiary/aromatic N) is 3. The fourth-order valence-corrected chi connectivity index (χ4v) is 1.89. The van der Waals surface area contributed by atoms with E-state index >= 15 is 0 Å². The number of nitrogens with two attached hydrogens (primary N) is 1. The van der Waals surface area contributed by atoms with Crippen LogP contribution in [-0.4, -0.2) is 35.0 Å². The lowest BCUT2D eigenvalue weighted by Gasteiger charge is -2.04. The van der Waals surface area contributed by atoms with Gasteiger partial charge in [-0.1, -0.05) is 12.1 Å². The highest BCUT2D eigenvalue weighted by atomic mass is 32.2. The Morgan fingerprint density at radius 1 is 1.39 bits per heavy atom. The monoisotopic (exact) mass is 270 g/mol. The lowest BCUT2D eigenvalue weighted by Crippen LogP contribution is -2.17. The first-order valence-electron chi connectivity index (χ1n) is 4.76. The Hall–Kier alpha value is -2.13. The quantitative estimate of drug-likeness (QED) is 0.590. The standard InChI is InChI=1S/C9H10N4O4S/c1-17-7-4-2-3-6(5-7)8-11-12-9(13(8)10)18(14,15)16/h2-5H,10H2,1H3,(H,14,15,16). The number of hydrogen-bond donors (Lipinski definition) is 2. The molecule has 0 radical (unpaired) electrons. The van der Waals surface area contributed by atoms with Crippen molar-refractivity contribution >= 4 is 10.1 Å². The topological polar surface area (TPSA) is 120 Å². The van der Waals surface area contributed by atoms with Crippen LogP contribution in [0.25, 0.3) is 11.4 Å². The molecule has 0 amide bonds. The number of rotatable bonds is 3. The number of nitrogen functional groups attached to an aromatic ring is 1. The zero-order valence-corrected chi connectivity index (χ0v) is 10.1. The first-order chi connectivity index (χ1) is 8.43. The van der Waals surface area contributed by atoms with Crippen LogP contribution in [0.5, 0.6) is 5.75 Å². The maximum atomic E-state index is 10.9. The second-order valence-electron chi connectivity index (χ2n) is 3.38. The average molecular weight is 270 g/mol. The van der Waals surface area contributed by atoms with Crippen LogP contribution < -0.4 is 10.6 Å². The van der Waals surface area contributed by atoms with Crippen molar-refractivity contribution in [1.82, 2.24) is 14.9 Å². The van der Waals surface area contributed by atoms with Crippen LogP contribution in [0.4, 0.5) is 0 Å². The van der Waals surface area contributed by atoms with E-state index in [4.69, 9.17) is 15.1 Å². The van der Waals surface area contributed by atoms with E-state index in [-0.39, 0.29) is 5.82 Å².